The molecule has 0 radical (unpaired) electrons. The fourth-order valence-corrected chi connectivity index (χ4v) is 4.05. The fraction of sp³-hybridized carbons (Fsp3) is 0.0909. The van der Waals surface area contributed by atoms with E-state index in [9.17, 15) is 9.59 Å². The third kappa shape index (κ3) is 7.04. The molecule has 0 unspecified atom stereocenters. The molecular formula is C22H20N4O4S3. The third-order valence-corrected chi connectivity index (χ3v) is 5.63. The van der Waals surface area contributed by atoms with E-state index >= 15 is 0 Å². The number of alkyl carbamates (subject to hydrolysis) is 2. The normalized spacial score (nSPS) is 10.1. The van der Waals surface area contributed by atoms with Gasteiger partial charge in [0.1, 0.15) is 0 Å². The number of hydrogen-bond acceptors (Lipinski definition) is 7. The summed E-state index contributed by atoms with van der Waals surface area (Å²) in [5.41, 5.74) is 1.05. The van der Waals surface area contributed by atoms with Crippen LogP contribution in [0.3, 0.4) is 0 Å². The second kappa shape index (κ2) is 11.5. The zero-order valence-corrected chi connectivity index (χ0v) is 20.1. The van der Waals surface area contributed by atoms with Crippen LogP contribution in [0.15, 0.2) is 70.5 Å². The highest BCUT2D eigenvalue weighted by atomic mass is 32.2. The van der Waals surface area contributed by atoms with Gasteiger partial charge in [0.05, 0.1) is 25.6 Å². The van der Waals surface area contributed by atoms with Crippen LogP contribution in [-0.4, -0.2) is 36.6 Å². The van der Waals surface area contributed by atoms with Gasteiger partial charge in [0.25, 0.3) is 0 Å². The monoisotopic (exact) mass is 500 g/mol. The molecule has 0 aliphatic heterocycles. The van der Waals surface area contributed by atoms with Gasteiger partial charge in [0.2, 0.25) is 0 Å². The number of thiocarbonyl (C=S) groups is 2. The molecule has 3 rings (SSSR count). The highest BCUT2D eigenvalue weighted by molar-refractivity contribution is 7.99. The van der Waals surface area contributed by atoms with Crippen LogP contribution >= 0.6 is 36.2 Å². The van der Waals surface area contributed by atoms with Gasteiger partial charge in [-0.2, -0.15) is 0 Å². The zero-order valence-electron chi connectivity index (χ0n) is 17.6. The Morgan fingerprint density at radius 2 is 1.27 bits per heavy atom. The molecule has 0 saturated heterocycles. The highest BCUT2D eigenvalue weighted by Gasteiger charge is 2.12. The van der Waals surface area contributed by atoms with Crippen molar-refractivity contribution >= 4 is 80.8 Å². The number of carbonyl (C=O) groups excluding carboxylic acids is 2. The summed E-state index contributed by atoms with van der Waals surface area (Å²) in [7, 11) is 2.48. The molecule has 8 nitrogen and oxygen atoms in total. The van der Waals surface area contributed by atoms with Crippen molar-refractivity contribution < 1.29 is 19.1 Å². The molecule has 33 heavy (non-hydrogen) atoms. The van der Waals surface area contributed by atoms with E-state index in [4.69, 9.17) is 24.4 Å². The Bertz CT molecular complexity index is 1220. The van der Waals surface area contributed by atoms with Gasteiger partial charge >= 0.3 is 12.2 Å². The molecule has 0 fully saturated rings. The maximum Gasteiger partial charge on any atom is 0.413 e. The van der Waals surface area contributed by atoms with Crippen LogP contribution in [0.5, 0.6) is 0 Å². The number of rotatable bonds is 4. The maximum atomic E-state index is 11.5. The number of anilines is 2. The minimum Gasteiger partial charge on any atom is -0.453 e. The SMILES string of the molecule is COC(=O)NC(=S)Nc1ccc(Sc2ccc3ccccc3c2)cc1NC(=S)NC(=O)OC. The summed E-state index contributed by atoms with van der Waals surface area (Å²) in [6.45, 7) is 0. The lowest BCUT2D eigenvalue weighted by molar-refractivity contribution is 0.176. The molecule has 0 aliphatic rings. The molecule has 0 bridgehead atoms. The molecule has 4 N–H and O–H groups in total. The van der Waals surface area contributed by atoms with E-state index in [-0.39, 0.29) is 10.2 Å². The molecule has 0 aromatic heterocycles. The lowest BCUT2D eigenvalue weighted by Gasteiger charge is -2.16. The Morgan fingerprint density at radius 1 is 0.727 bits per heavy atom. The van der Waals surface area contributed by atoms with Crippen molar-refractivity contribution in [3.05, 3.63) is 60.7 Å². The van der Waals surface area contributed by atoms with Crippen LogP contribution in [0.2, 0.25) is 0 Å². The zero-order chi connectivity index (χ0) is 23.8. The van der Waals surface area contributed by atoms with E-state index in [0.717, 1.165) is 20.6 Å². The van der Waals surface area contributed by atoms with E-state index in [1.807, 2.05) is 30.3 Å². The number of hydrogen-bond donors (Lipinski definition) is 4. The smallest absolute Gasteiger partial charge is 0.413 e. The second-order valence-electron chi connectivity index (χ2n) is 6.46. The van der Waals surface area contributed by atoms with E-state index in [2.05, 4.69) is 55.0 Å². The van der Waals surface area contributed by atoms with Gasteiger partial charge in [-0.15, -0.1) is 0 Å². The Morgan fingerprint density at radius 3 is 1.91 bits per heavy atom. The van der Waals surface area contributed by atoms with Crippen LogP contribution in [0.4, 0.5) is 21.0 Å². The summed E-state index contributed by atoms with van der Waals surface area (Å²) in [6, 6.07) is 19.9. The molecule has 0 saturated carbocycles. The van der Waals surface area contributed by atoms with Crippen LogP contribution in [-0.2, 0) is 9.47 Å². The maximum absolute atomic E-state index is 11.5. The molecule has 170 valence electrons. The number of ether oxygens (including phenoxy) is 2. The third-order valence-electron chi connectivity index (χ3n) is 4.25. The number of carbonyl (C=O) groups is 2. The van der Waals surface area contributed by atoms with Crippen molar-refractivity contribution in [2.24, 2.45) is 0 Å². The van der Waals surface area contributed by atoms with E-state index in [0.29, 0.717) is 11.4 Å². The number of nitrogens with one attached hydrogen (secondary N) is 4. The lowest BCUT2D eigenvalue weighted by Crippen LogP contribution is -2.35. The summed E-state index contributed by atoms with van der Waals surface area (Å²) in [4.78, 5) is 24.9. The predicted octanol–water partition coefficient (Wildman–Crippen LogP) is 5.10. The standard InChI is InChI=1S/C22H20N4O4S3/c1-29-21(27)25-19(31)23-17-10-9-16(12-18(17)24-20(32)26-22(28)30-2)33-15-8-7-13-5-3-4-6-14(13)11-15/h3-12H,1-2H3,(H2,23,25,27,31)(H2,24,26,28,32). The van der Waals surface area contributed by atoms with Crippen molar-refractivity contribution in [2.75, 3.05) is 24.9 Å². The number of amides is 2. The van der Waals surface area contributed by atoms with Crippen LogP contribution in [0.1, 0.15) is 0 Å². The van der Waals surface area contributed by atoms with Gasteiger partial charge in [0.15, 0.2) is 10.2 Å². The number of methoxy groups -OCH3 is 2. The highest BCUT2D eigenvalue weighted by Crippen LogP contribution is 2.34. The van der Waals surface area contributed by atoms with Crippen LogP contribution in [0, 0.1) is 0 Å². The first-order chi connectivity index (χ1) is 15.9. The van der Waals surface area contributed by atoms with Gasteiger partial charge in [-0.3, -0.25) is 10.6 Å². The molecule has 0 atom stereocenters. The van der Waals surface area contributed by atoms with Crippen LogP contribution in [0.25, 0.3) is 10.8 Å². The van der Waals surface area contributed by atoms with Crippen molar-refractivity contribution in [1.29, 1.82) is 0 Å². The van der Waals surface area contributed by atoms with E-state index in [1.165, 1.54) is 14.2 Å². The van der Waals surface area contributed by atoms with Gasteiger partial charge in [-0.05, 0) is 65.5 Å². The van der Waals surface area contributed by atoms with Crippen molar-refractivity contribution in [3.63, 3.8) is 0 Å². The molecule has 0 aliphatic carbocycles. The molecule has 3 aromatic carbocycles. The topological polar surface area (TPSA) is 101 Å². The predicted molar refractivity (Wildman–Crippen MR) is 138 cm³/mol. The quantitative estimate of drug-likeness (QED) is 0.365. The average Bonchev–Trinajstić information content (AvgIpc) is 2.80. The largest absolute Gasteiger partial charge is 0.453 e. The van der Waals surface area contributed by atoms with E-state index in [1.54, 1.807) is 17.8 Å². The molecule has 0 spiro atoms. The van der Waals surface area contributed by atoms with Gasteiger partial charge in [0, 0.05) is 9.79 Å². The summed E-state index contributed by atoms with van der Waals surface area (Å²) in [5, 5.41) is 13.0. The molecular weight excluding hydrogens is 480 g/mol. The molecule has 11 heteroatoms. The van der Waals surface area contributed by atoms with E-state index < -0.39 is 12.2 Å². The van der Waals surface area contributed by atoms with Crippen molar-refractivity contribution in [2.45, 2.75) is 9.79 Å². The number of benzene rings is 3. The Kier molecular flexibility index (Phi) is 8.41. The summed E-state index contributed by atoms with van der Waals surface area (Å²) < 4.78 is 9.11. The second-order valence-corrected chi connectivity index (χ2v) is 8.42. The molecule has 3 aromatic rings. The Balaban J connectivity index is 1.84. The van der Waals surface area contributed by atoms with Crippen molar-refractivity contribution in [1.82, 2.24) is 10.6 Å². The minimum absolute atomic E-state index is 0.0320. The van der Waals surface area contributed by atoms with Gasteiger partial charge in [-0.1, -0.05) is 42.1 Å². The summed E-state index contributed by atoms with van der Waals surface area (Å²) in [6.07, 6.45) is -1.40. The first-order valence-electron chi connectivity index (χ1n) is 9.50. The van der Waals surface area contributed by atoms with Crippen molar-refractivity contribution in [3.8, 4) is 0 Å². The van der Waals surface area contributed by atoms with Gasteiger partial charge in [-0.25, -0.2) is 9.59 Å². The molecule has 2 amide bonds. The Hall–Kier alpha value is -3.41. The summed E-state index contributed by atoms with van der Waals surface area (Å²) >= 11 is 11.9. The summed E-state index contributed by atoms with van der Waals surface area (Å²) in [5.74, 6) is 0. The average molecular weight is 501 g/mol. The lowest BCUT2D eigenvalue weighted by atomic mass is 10.1. The Labute approximate surface area is 205 Å². The first-order valence-corrected chi connectivity index (χ1v) is 11.1. The molecule has 0 heterocycles. The minimum atomic E-state index is -0.702. The fourth-order valence-electron chi connectivity index (χ4n) is 2.76. The van der Waals surface area contributed by atoms with Gasteiger partial charge < -0.3 is 20.1 Å². The van der Waals surface area contributed by atoms with Crippen LogP contribution < -0.4 is 21.3 Å². The first kappa shape index (κ1) is 24.2. The number of fused-ring (bicyclic) bond motifs is 1.